The van der Waals surface area contributed by atoms with Crippen LogP contribution in [0.25, 0.3) is 0 Å². The van der Waals surface area contributed by atoms with Crippen LogP contribution in [0.4, 0.5) is 4.39 Å². The molecule has 2 rings (SSSR count). The first-order chi connectivity index (χ1) is 9.92. The fraction of sp³-hybridized carbons (Fsp3) is 0.214. The summed E-state index contributed by atoms with van der Waals surface area (Å²) in [6, 6.07) is 7.15. The molecule has 21 heavy (non-hydrogen) atoms. The molecule has 0 fully saturated rings. The summed E-state index contributed by atoms with van der Waals surface area (Å²) in [6.07, 6.45) is 1.60. The van der Waals surface area contributed by atoms with E-state index in [1.165, 1.54) is 12.1 Å². The number of nitrogens with zero attached hydrogens (tertiary/aromatic N) is 1. The van der Waals surface area contributed by atoms with E-state index in [2.05, 4.69) is 9.71 Å². The molecular weight excluding hydrogens is 293 g/mol. The fourth-order valence-corrected chi connectivity index (χ4v) is 2.81. The lowest BCUT2D eigenvalue weighted by molar-refractivity contribution is 0.579. The summed E-state index contributed by atoms with van der Waals surface area (Å²) in [5.74, 6) is -0.515. The van der Waals surface area contributed by atoms with Crippen LogP contribution in [-0.2, 0) is 23.1 Å². The van der Waals surface area contributed by atoms with Crippen molar-refractivity contribution in [1.82, 2.24) is 9.71 Å². The van der Waals surface area contributed by atoms with E-state index in [-0.39, 0.29) is 23.5 Å². The molecule has 112 valence electrons. The second kappa shape index (κ2) is 6.30. The first-order valence-corrected chi connectivity index (χ1v) is 7.80. The lowest BCUT2D eigenvalue weighted by Gasteiger charge is -2.08. The van der Waals surface area contributed by atoms with Crippen molar-refractivity contribution < 1.29 is 12.8 Å². The summed E-state index contributed by atoms with van der Waals surface area (Å²) < 4.78 is 40.1. The van der Waals surface area contributed by atoms with Gasteiger partial charge in [-0.1, -0.05) is 6.07 Å². The average molecular weight is 309 g/mol. The van der Waals surface area contributed by atoms with Crippen molar-refractivity contribution in [1.29, 1.82) is 0 Å². The van der Waals surface area contributed by atoms with Crippen molar-refractivity contribution in [3.05, 3.63) is 59.2 Å². The van der Waals surface area contributed by atoms with E-state index in [0.29, 0.717) is 0 Å². The van der Waals surface area contributed by atoms with Crippen LogP contribution in [0.3, 0.4) is 0 Å². The molecule has 0 spiro atoms. The quantitative estimate of drug-likeness (QED) is 0.876. The molecule has 0 aliphatic carbocycles. The molecule has 1 aromatic heterocycles. The number of benzene rings is 1. The number of sulfonamides is 1. The molecule has 0 saturated heterocycles. The van der Waals surface area contributed by atoms with Crippen molar-refractivity contribution in [3.8, 4) is 0 Å². The summed E-state index contributed by atoms with van der Waals surface area (Å²) in [6.45, 7) is 1.91. The van der Waals surface area contributed by atoms with Gasteiger partial charge in [-0.05, 0) is 36.8 Å². The van der Waals surface area contributed by atoms with Crippen molar-refractivity contribution in [2.75, 3.05) is 0 Å². The zero-order valence-electron chi connectivity index (χ0n) is 11.5. The Kier molecular flexibility index (Phi) is 4.66. The van der Waals surface area contributed by atoms with Gasteiger partial charge in [0.25, 0.3) is 0 Å². The number of nitrogens with one attached hydrogen (secondary N) is 1. The molecule has 0 saturated carbocycles. The Morgan fingerprint density at radius 3 is 2.67 bits per heavy atom. The molecule has 0 bridgehead atoms. The van der Waals surface area contributed by atoms with Gasteiger partial charge < -0.3 is 5.73 Å². The van der Waals surface area contributed by atoms with Gasteiger partial charge in [0.1, 0.15) is 5.82 Å². The molecule has 7 heteroatoms. The Hall–Kier alpha value is -1.83. The molecule has 1 aromatic carbocycles. The molecule has 2 aromatic rings. The molecule has 0 atom stereocenters. The van der Waals surface area contributed by atoms with E-state index < -0.39 is 15.8 Å². The summed E-state index contributed by atoms with van der Waals surface area (Å²) >= 11 is 0. The number of rotatable bonds is 5. The van der Waals surface area contributed by atoms with E-state index in [4.69, 9.17) is 5.73 Å². The lowest BCUT2D eigenvalue weighted by atomic mass is 10.2. The van der Waals surface area contributed by atoms with Gasteiger partial charge in [0.05, 0.1) is 4.90 Å². The van der Waals surface area contributed by atoms with Crippen LogP contribution < -0.4 is 10.5 Å². The van der Waals surface area contributed by atoms with Gasteiger partial charge in [-0.15, -0.1) is 0 Å². The number of hydrogen-bond donors (Lipinski definition) is 2. The van der Waals surface area contributed by atoms with E-state index in [9.17, 15) is 12.8 Å². The highest BCUT2D eigenvalue weighted by Gasteiger charge is 2.15. The molecule has 1 heterocycles. The third-order valence-electron chi connectivity index (χ3n) is 2.99. The van der Waals surface area contributed by atoms with Crippen LogP contribution in [0.2, 0.25) is 0 Å². The van der Waals surface area contributed by atoms with Crippen LogP contribution in [0, 0.1) is 12.7 Å². The minimum Gasteiger partial charge on any atom is -0.326 e. The molecule has 3 N–H and O–H groups in total. The van der Waals surface area contributed by atoms with Gasteiger partial charge in [-0.3, -0.25) is 4.98 Å². The molecule has 0 radical (unpaired) electrons. The Labute approximate surface area is 123 Å². The molecular formula is C14H16FN3O2S. The highest BCUT2D eigenvalue weighted by atomic mass is 32.2. The lowest BCUT2D eigenvalue weighted by Crippen LogP contribution is -2.23. The first kappa shape index (κ1) is 15.6. The van der Waals surface area contributed by atoms with Crippen molar-refractivity contribution >= 4 is 10.0 Å². The highest BCUT2D eigenvalue weighted by molar-refractivity contribution is 7.89. The second-order valence-corrected chi connectivity index (χ2v) is 6.36. The average Bonchev–Trinajstić information content (AvgIpc) is 2.47. The standard InChI is InChI=1S/C14H16FN3O2S/c1-10-2-3-11(8-17-10)9-18-21(19,20)13-4-5-14(15)12(6-13)7-16/h2-6,8,18H,7,9,16H2,1H3. The Morgan fingerprint density at radius 1 is 1.29 bits per heavy atom. The van der Waals surface area contributed by atoms with E-state index >= 15 is 0 Å². The third-order valence-corrected chi connectivity index (χ3v) is 4.39. The smallest absolute Gasteiger partial charge is 0.240 e. The SMILES string of the molecule is Cc1ccc(CNS(=O)(=O)c2ccc(F)c(CN)c2)cn1. The molecule has 0 unspecified atom stereocenters. The minimum absolute atomic E-state index is 0.00980. The number of hydrogen-bond acceptors (Lipinski definition) is 4. The van der Waals surface area contributed by atoms with Crippen LogP contribution in [-0.4, -0.2) is 13.4 Å². The number of nitrogens with two attached hydrogens (primary N) is 1. The van der Waals surface area contributed by atoms with Gasteiger partial charge in [0, 0.05) is 30.5 Å². The van der Waals surface area contributed by atoms with Gasteiger partial charge in [-0.2, -0.15) is 0 Å². The molecule has 0 amide bonds. The summed E-state index contributed by atoms with van der Waals surface area (Å²) in [7, 11) is -3.72. The van der Waals surface area contributed by atoms with Gasteiger partial charge in [0.2, 0.25) is 10.0 Å². The number of aryl methyl sites for hydroxylation is 1. The Morgan fingerprint density at radius 2 is 2.05 bits per heavy atom. The Bertz CT molecular complexity index is 730. The maximum absolute atomic E-state index is 13.3. The zero-order valence-corrected chi connectivity index (χ0v) is 12.3. The third kappa shape index (κ3) is 3.84. The van der Waals surface area contributed by atoms with E-state index in [1.807, 2.05) is 6.92 Å². The fourth-order valence-electron chi connectivity index (χ4n) is 1.74. The molecule has 0 aliphatic rings. The predicted molar refractivity (Wildman–Crippen MR) is 77.3 cm³/mol. The van der Waals surface area contributed by atoms with Crippen molar-refractivity contribution in [2.45, 2.75) is 24.9 Å². The first-order valence-electron chi connectivity index (χ1n) is 6.32. The summed E-state index contributed by atoms with van der Waals surface area (Å²) in [4.78, 5) is 4.08. The topological polar surface area (TPSA) is 85.1 Å². The van der Waals surface area contributed by atoms with Gasteiger partial charge >= 0.3 is 0 Å². The van der Waals surface area contributed by atoms with Crippen LogP contribution in [0.5, 0.6) is 0 Å². The largest absolute Gasteiger partial charge is 0.326 e. The Balaban J connectivity index is 2.16. The molecule has 5 nitrogen and oxygen atoms in total. The minimum atomic E-state index is -3.72. The normalized spacial score (nSPS) is 11.6. The van der Waals surface area contributed by atoms with Gasteiger partial charge in [0.15, 0.2) is 0 Å². The van der Waals surface area contributed by atoms with E-state index in [1.54, 1.807) is 18.3 Å². The summed E-state index contributed by atoms with van der Waals surface area (Å²) in [5, 5.41) is 0. The van der Waals surface area contributed by atoms with E-state index in [0.717, 1.165) is 17.3 Å². The summed E-state index contributed by atoms with van der Waals surface area (Å²) in [5.41, 5.74) is 7.14. The molecule has 0 aliphatic heterocycles. The van der Waals surface area contributed by atoms with Gasteiger partial charge in [-0.25, -0.2) is 17.5 Å². The van der Waals surface area contributed by atoms with Crippen LogP contribution in [0.15, 0.2) is 41.4 Å². The maximum atomic E-state index is 13.3. The highest BCUT2D eigenvalue weighted by Crippen LogP contribution is 2.15. The van der Waals surface area contributed by atoms with Crippen molar-refractivity contribution in [3.63, 3.8) is 0 Å². The number of pyridine rings is 1. The number of halogens is 1. The van der Waals surface area contributed by atoms with Crippen molar-refractivity contribution in [2.24, 2.45) is 5.73 Å². The number of aromatic nitrogens is 1. The second-order valence-electron chi connectivity index (χ2n) is 4.59. The van der Waals surface area contributed by atoms with Crippen LogP contribution in [0.1, 0.15) is 16.8 Å². The van der Waals surface area contributed by atoms with Crippen LogP contribution >= 0.6 is 0 Å². The maximum Gasteiger partial charge on any atom is 0.240 e. The monoisotopic (exact) mass is 309 g/mol. The zero-order chi connectivity index (χ0) is 15.5. The predicted octanol–water partition coefficient (Wildman–Crippen LogP) is 1.47.